The van der Waals surface area contributed by atoms with Crippen LogP contribution in [0.1, 0.15) is 23.6 Å². The first-order valence-corrected chi connectivity index (χ1v) is 11.9. The zero-order chi connectivity index (χ0) is 24.7. The number of aromatic nitrogens is 5. The van der Waals surface area contributed by atoms with E-state index in [4.69, 9.17) is 16.3 Å². The van der Waals surface area contributed by atoms with Crippen LogP contribution in [0.5, 0.6) is 0 Å². The summed E-state index contributed by atoms with van der Waals surface area (Å²) in [5.74, 6) is 0. The standard InChI is InChI=1S/C25H27ClN6O3.2ClH/c1-15-6-18(26)8-21(20(15)9-19-11-27-10-16(2)35-19)24-22-7-17(13-32(22)29-14-28-24)12-31-23(33)4-5-30(3)25(31)34;;/h4-8,13-14,16,19,27H,9-12H2,1-3H3;2*1H/t16-,19?;;/m0../s1. The molecular weight excluding hydrogens is 539 g/mol. The molecule has 0 bridgehead atoms. The van der Waals surface area contributed by atoms with Crippen LogP contribution in [0.15, 0.2) is 52.6 Å². The lowest BCUT2D eigenvalue weighted by Gasteiger charge is -2.30. The van der Waals surface area contributed by atoms with Crippen molar-refractivity contribution in [1.82, 2.24) is 29.0 Å². The number of aryl methyl sites for hydroxylation is 2. The van der Waals surface area contributed by atoms with Crippen molar-refractivity contribution in [3.63, 3.8) is 0 Å². The maximum atomic E-state index is 12.5. The van der Waals surface area contributed by atoms with Gasteiger partial charge in [-0.05, 0) is 48.7 Å². The summed E-state index contributed by atoms with van der Waals surface area (Å²) in [6, 6.07) is 7.18. The Balaban J connectivity index is 0.00000190. The van der Waals surface area contributed by atoms with Crippen molar-refractivity contribution in [2.75, 3.05) is 13.1 Å². The Hall–Kier alpha value is -2.69. The molecule has 1 unspecified atom stereocenters. The van der Waals surface area contributed by atoms with Crippen LogP contribution in [0.2, 0.25) is 5.02 Å². The van der Waals surface area contributed by atoms with Crippen molar-refractivity contribution < 1.29 is 4.74 Å². The molecule has 5 rings (SSSR count). The number of halogens is 3. The van der Waals surface area contributed by atoms with Crippen LogP contribution in [-0.4, -0.2) is 49.0 Å². The second-order valence-corrected chi connectivity index (χ2v) is 9.54. The summed E-state index contributed by atoms with van der Waals surface area (Å²) in [6.45, 7) is 5.87. The van der Waals surface area contributed by atoms with Gasteiger partial charge in [-0.25, -0.2) is 14.3 Å². The summed E-state index contributed by atoms with van der Waals surface area (Å²) in [4.78, 5) is 29.4. The fraction of sp³-hybridized carbons (Fsp3) is 0.360. The van der Waals surface area contributed by atoms with Gasteiger partial charge in [0.1, 0.15) is 6.33 Å². The molecule has 9 nitrogen and oxygen atoms in total. The SMILES string of the molecule is Cc1cc(Cl)cc(-c2ncnn3cc(Cn4c(=O)ccn(C)c4=O)cc23)c1CC1CNC[C@H](C)O1.Cl.Cl. The van der Waals surface area contributed by atoms with E-state index in [2.05, 4.69) is 22.3 Å². The van der Waals surface area contributed by atoms with E-state index in [0.29, 0.717) is 5.02 Å². The normalized spacial score (nSPS) is 17.3. The average Bonchev–Trinajstić information content (AvgIpc) is 3.24. The number of nitrogens with zero attached hydrogens (tertiary/aromatic N) is 5. The molecule has 0 radical (unpaired) electrons. The van der Waals surface area contributed by atoms with Gasteiger partial charge in [-0.1, -0.05) is 11.6 Å². The monoisotopic (exact) mass is 566 g/mol. The summed E-state index contributed by atoms with van der Waals surface area (Å²) >= 11 is 6.48. The molecule has 0 saturated carbocycles. The first-order valence-electron chi connectivity index (χ1n) is 11.5. The lowest BCUT2D eigenvalue weighted by atomic mass is 9.93. The van der Waals surface area contributed by atoms with Gasteiger partial charge in [0, 0.05) is 55.6 Å². The van der Waals surface area contributed by atoms with Gasteiger partial charge < -0.3 is 14.6 Å². The highest BCUT2D eigenvalue weighted by molar-refractivity contribution is 6.31. The van der Waals surface area contributed by atoms with Crippen molar-refractivity contribution >= 4 is 41.9 Å². The van der Waals surface area contributed by atoms with Crippen LogP contribution in [0, 0.1) is 6.92 Å². The minimum absolute atomic E-state index is 0. The fourth-order valence-corrected chi connectivity index (χ4v) is 4.97. The second kappa shape index (κ2) is 11.8. The van der Waals surface area contributed by atoms with E-state index in [1.807, 2.05) is 31.3 Å². The second-order valence-electron chi connectivity index (χ2n) is 9.10. The summed E-state index contributed by atoms with van der Waals surface area (Å²) in [5.41, 5.74) is 4.65. The van der Waals surface area contributed by atoms with Crippen LogP contribution in [0.4, 0.5) is 0 Å². The largest absolute Gasteiger partial charge is 0.372 e. The topological polar surface area (TPSA) is 95.5 Å². The smallest absolute Gasteiger partial charge is 0.331 e. The molecule has 198 valence electrons. The number of hydrogen-bond acceptors (Lipinski definition) is 6. The third-order valence-corrected chi connectivity index (χ3v) is 6.61. The fourth-order valence-electron chi connectivity index (χ4n) is 4.69. The lowest BCUT2D eigenvalue weighted by molar-refractivity contribution is -0.0262. The minimum atomic E-state index is -0.373. The van der Waals surface area contributed by atoms with Crippen LogP contribution in [0.3, 0.4) is 0 Å². The van der Waals surface area contributed by atoms with E-state index < -0.39 is 0 Å². The lowest BCUT2D eigenvalue weighted by Crippen LogP contribution is -2.44. The zero-order valence-electron chi connectivity index (χ0n) is 20.7. The minimum Gasteiger partial charge on any atom is -0.372 e. The van der Waals surface area contributed by atoms with Crippen LogP contribution < -0.4 is 16.6 Å². The Kier molecular flexibility index (Phi) is 9.20. The highest BCUT2D eigenvalue weighted by atomic mass is 35.5. The highest BCUT2D eigenvalue weighted by Crippen LogP contribution is 2.33. The van der Waals surface area contributed by atoms with Gasteiger partial charge in [0.15, 0.2) is 0 Å². The van der Waals surface area contributed by atoms with Gasteiger partial charge in [-0.3, -0.25) is 9.36 Å². The van der Waals surface area contributed by atoms with E-state index in [-0.39, 0.29) is 54.8 Å². The molecule has 2 atom stereocenters. The molecule has 0 amide bonds. The Labute approximate surface area is 231 Å². The predicted molar refractivity (Wildman–Crippen MR) is 149 cm³/mol. The average molecular weight is 568 g/mol. The number of rotatable bonds is 5. The molecule has 1 fully saturated rings. The van der Waals surface area contributed by atoms with Crippen molar-refractivity contribution in [3.05, 3.63) is 85.5 Å². The van der Waals surface area contributed by atoms with Gasteiger partial charge in [0.05, 0.1) is 30.0 Å². The van der Waals surface area contributed by atoms with Gasteiger partial charge in [-0.2, -0.15) is 5.10 Å². The predicted octanol–water partition coefficient (Wildman–Crippen LogP) is 3.03. The molecule has 1 N–H and O–H groups in total. The Morgan fingerprint density at radius 1 is 1.19 bits per heavy atom. The van der Waals surface area contributed by atoms with E-state index in [9.17, 15) is 9.59 Å². The molecule has 4 heterocycles. The third-order valence-electron chi connectivity index (χ3n) is 6.40. The van der Waals surface area contributed by atoms with E-state index in [0.717, 1.165) is 53.0 Å². The molecule has 3 aromatic heterocycles. The Bertz CT molecular complexity index is 1530. The van der Waals surface area contributed by atoms with Crippen LogP contribution in [-0.2, 0) is 24.8 Å². The van der Waals surface area contributed by atoms with Crippen molar-refractivity contribution in [3.8, 4) is 11.3 Å². The Morgan fingerprint density at radius 3 is 2.73 bits per heavy atom. The van der Waals surface area contributed by atoms with E-state index in [1.54, 1.807) is 11.6 Å². The molecule has 1 saturated heterocycles. The molecule has 1 aliphatic rings. The number of ether oxygens (including phenoxy) is 1. The first kappa shape index (κ1) is 28.9. The van der Waals surface area contributed by atoms with E-state index >= 15 is 0 Å². The van der Waals surface area contributed by atoms with Crippen molar-refractivity contribution in [2.24, 2.45) is 7.05 Å². The van der Waals surface area contributed by atoms with Crippen LogP contribution >= 0.6 is 36.4 Å². The van der Waals surface area contributed by atoms with Gasteiger partial charge >= 0.3 is 5.69 Å². The van der Waals surface area contributed by atoms with Crippen molar-refractivity contribution in [1.29, 1.82) is 0 Å². The van der Waals surface area contributed by atoms with Gasteiger partial charge in [-0.15, -0.1) is 24.8 Å². The molecule has 0 aliphatic carbocycles. The summed E-state index contributed by atoms with van der Waals surface area (Å²) in [7, 11) is 1.62. The molecular formula is C25H29Cl3N6O3. The number of hydrogen-bond donors (Lipinski definition) is 1. The quantitative estimate of drug-likeness (QED) is 0.398. The number of nitrogens with one attached hydrogen (secondary N) is 1. The van der Waals surface area contributed by atoms with E-state index in [1.165, 1.54) is 27.7 Å². The maximum Gasteiger partial charge on any atom is 0.331 e. The summed E-state index contributed by atoms with van der Waals surface area (Å²) < 4.78 is 10.5. The molecule has 1 aromatic carbocycles. The summed E-state index contributed by atoms with van der Waals surface area (Å²) in [6.07, 6.45) is 5.69. The molecule has 1 aliphatic heterocycles. The molecule has 12 heteroatoms. The van der Waals surface area contributed by atoms with Gasteiger partial charge in [0.2, 0.25) is 0 Å². The zero-order valence-corrected chi connectivity index (χ0v) is 23.1. The van der Waals surface area contributed by atoms with Gasteiger partial charge in [0.25, 0.3) is 5.56 Å². The summed E-state index contributed by atoms with van der Waals surface area (Å²) in [5, 5.41) is 8.41. The molecule has 0 spiro atoms. The number of fused-ring (bicyclic) bond motifs is 1. The third kappa shape index (κ3) is 5.91. The highest BCUT2D eigenvalue weighted by Gasteiger charge is 2.23. The maximum absolute atomic E-state index is 12.5. The number of morpholine rings is 1. The van der Waals surface area contributed by atoms with Crippen LogP contribution in [0.25, 0.3) is 16.8 Å². The van der Waals surface area contributed by atoms with Crippen molar-refractivity contribution in [2.45, 2.75) is 39.0 Å². The Morgan fingerprint density at radius 2 is 1.97 bits per heavy atom. The first-order chi connectivity index (χ1) is 16.8. The molecule has 37 heavy (non-hydrogen) atoms. The molecule has 4 aromatic rings. The number of benzene rings is 1.